The number of aliphatic hydroxyl groups is 1. The van der Waals surface area contributed by atoms with Gasteiger partial charge < -0.3 is 15.4 Å². The van der Waals surface area contributed by atoms with E-state index in [0.29, 0.717) is 12.2 Å². The zero-order valence-corrected chi connectivity index (χ0v) is 10.6. The first-order valence-electron chi connectivity index (χ1n) is 5.12. The average Bonchev–Trinajstić information content (AvgIpc) is 2.80. The van der Waals surface area contributed by atoms with E-state index in [9.17, 15) is 0 Å². The summed E-state index contributed by atoms with van der Waals surface area (Å²) in [5.41, 5.74) is 6.65. The maximum atomic E-state index is 8.86. The van der Waals surface area contributed by atoms with E-state index < -0.39 is 6.04 Å². The molecule has 0 aliphatic heterocycles. The van der Waals surface area contributed by atoms with Gasteiger partial charge in [0.15, 0.2) is 5.82 Å². The molecular weight excluding hydrogens is 286 g/mol. The second kappa shape index (κ2) is 5.39. The van der Waals surface area contributed by atoms with E-state index in [1.807, 2.05) is 24.3 Å². The normalized spacial score (nSPS) is 12.6. The molecule has 1 aromatic carbocycles. The Morgan fingerprint density at radius 2 is 2.06 bits per heavy atom. The van der Waals surface area contributed by atoms with Crippen LogP contribution in [0.5, 0.6) is 0 Å². The molecular formula is C11H12BrN3O2. The van der Waals surface area contributed by atoms with Gasteiger partial charge in [0.2, 0.25) is 5.89 Å². The number of benzene rings is 1. The van der Waals surface area contributed by atoms with Crippen molar-refractivity contribution in [1.29, 1.82) is 0 Å². The molecule has 0 amide bonds. The molecule has 1 atom stereocenters. The number of hydrogen-bond donors (Lipinski definition) is 2. The third-order valence-electron chi connectivity index (χ3n) is 2.27. The lowest BCUT2D eigenvalue weighted by molar-refractivity contribution is 0.236. The van der Waals surface area contributed by atoms with Crippen molar-refractivity contribution in [2.75, 3.05) is 6.61 Å². The zero-order chi connectivity index (χ0) is 12.3. The highest BCUT2D eigenvalue weighted by atomic mass is 79.9. The van der Waals surface area contributed by atoms with Gasteiger partial charge in [0, 0.05) is 10.9 Å². The third kappa shape index (κ3) is 3.12. The Balaban J connectivity index is 2.08. The van der Waals surface area contributed by atoms with Gasteiger partial charge in [-0.1, -0.05) is 33.2 Å². The van der Waals surface area contributed by atoms with Gasteiger partial charge in [-0.3, -0.25) is 0 Å². The smallest absolute Gasteiger partial charge is 0.245 e. The molecule has 0 saturated carbocycles. The summed E-state index contributed by atoms with van der Waals surface area (Å²) < 4.78 is 5.98. The van der Waals surface area contributed by atoms with Crippen LogP contribution >= 0.6 is 15.9 Å². The fourth-order valence-corrected chi connectivity index (χ4v) is 1.62. The minimum atomic E-state index is -0.610. The quantitative estimate of drug-likeness (QED) is 0.891. The number of rotatable bonds is 4. The molecule has 0 aliphatic rings. The van der Waals surface area contributed by atoms with Crippen molar-refractivity contribution >= 4 is 15.9 Å². The molecule has 17 heavy (non-hydrogen) atoms. The summed E-state index contributed by atoms with van der Waals surface area (Å²) in [4.78, 5) is 4.12. The molecule has 0 unspecified atom stereocenters. The molecule has 2 rings (SSSR count). The molecule has 90 valence electrons. The highest BCUT2D eigenvalue weighted by Crippen LogP contribution is 2.14. The van der Waals surface area contributed by atoms with Crippen LogP contribution in [0.1, 0.15) is 23.3 Å². The van der Waals surface area contributed by atoms with Crippen molar-refractivity contribution in [1.82, 2.24) is 10.1 Å². The molecule has 0 fully saturated rings. The second-order valence-corrected chi connectivity index (χ2v) is 4.56. The molecule has 1 aromatic heterocycles. The van der Waals surface area contributed by atoms with Crippen LogP contribution in [0, 0.1) is 0 Å². The third-order valence-corrected chi connectivity index (χ3v) is 2.80. The summed E-state index contributed by atoms with van der Waals surface area (Å²) in [6, 6.07) is 7.25. The lowest BCUT2D eigenvalue weighted by Crippen LogP contribution is -2.14. The van der Waals surface area contributed by atoms with Crippen molar-refractivity contribution in [3.05, 3.63) is 46.0 Å². The second-order valence-electron chi connectivity index (χ2n) is 3.64. The standard InChI is InChI=1S/C11H12BrN3O2/c12-8-3-1-7(2-4-8)5-10-14-11(17-15-10)9(13)6-16/h1-4,9,16H,5-6,13H2/t9-/m0/s1. The summed E-state index contributed by atoms with van der Waals surface area (Å²) >= 11 is 3.37. The van der Waals surface area contributed by atoms with Gasteiger partial charge in [0.1, 0.15) is 6.04 Å². The van der Waals surface area contributed by atoms with E-state index in [0.717, 1.165) is 10.0 Å². The van der Waals surface area contributed by atoms with Crippen LogP contribution < -0.4 is 5.73 Å². The fraction of sp³-hybridized carbons (Fsp3) is 0.273. The summed E-state index contributed by atoms with van der Waals surface area (Å²) in [6.45, 7) is -0.208. The van der Waals surface area contributed by atoms with E-state index in [1.165, 1.54) is 0 Å². The van der Waals surface area contributed by atoms with E-state index in [-0.39, 0.29) is 12.5 Å². The minimum Gasteiger partial charge on any atom is -0.394 e. The van der Waals surface area contributed by atoms with Crippen LogP contribution in [0.15, 0.2) is 33.3 Å². The Kier molecular flexibility index (Phi) is 3.88. The van der Waals surface area contributed by atoms with Gasteiger partial charge in [-0.15, -0.1) is 0 Å². The highest BCUT2D eigenvalue weighted by molar-refractivity contribution is 9.10. The number of aliphatic hydroxyl groups excluding tert-OH is 1. The van der Waals surface area contributed by atoms with Gasteiger partial charge in [-0.05, 0) is 17.7 Å². The Hall–Kier alpha value is -1.24. The summed E-state index contributed by atoms with van der Waals surface area (Å²) in [5.74, 6) is 0.825. The fourth-order valence-electron chi connectivity index (χ4n) is 1.35. The monoisotopic (exact) mass is 297 g/mol. The van der Waals surface area contributed by atoms with Gasteiger partial charge >= 0.3 is 0 Å². The van der Waals surface area contributed by atoms with E-state index in [4.69, 9.17) is 15.4 Å². The number of nitrogens with zero attached hydrogens (tertiary/aromatic N) is 2. The molecule has 0 spiro atoms. The highest BCUT2D eigenvalue weighted by Gasteiger charge is 2.13. The maximum absolute atomic E-state index is 8.86. The summed E-state index contributed by atoms with van der Waals surface area (Å²) in [5, 5.41) is 12.7. The number of halogens is 1. The molecule has 0 bridgehead atoms. The summed E-state index contributed by atoms with van der Waals surface area (Å²) in [7, 11) is 0. The average molecular weight is 298 g/mol. The predicted molar refractivity (Wildman–Crippen MR) is 65.3 cm³/mol. The van der Waals surface area contributed by atoms with Gasteiger partial charge in [0.25, 0.3) is 0 Å². The van der Waals surface area contributed by atoms with Crippen molar-refractivity contribution < 1.29 is 9.63 Å². The molecule has 0 radical (unpaired) electrons. The molecule has 0 saturated heterocycles. The molecule has 6 heteroatoms. The van der Waals surface area contributed by atoms with Crippen molar-refractivity contribution in [3.63, 3.8) is 0 Å². The summed E-state index contributed by atoms with van der Waals surface area (Å²) in [6.07, 6.45) is 0.578. The van der Waals surface area contributed by atoms with Crippen LogP contribution in [-0.4, -0.2) is 21.9 Å². The Morgan fingerprint density at radius 3 is 2.71 bits per heavy atom. The SMILES string of the molecule is N[C@@H](CO)c1nc(Cc2ccc(Br)cc2)no1. The van der Waals surface area contributed by atoms with Gasteiger partial charge in [-0.25, -0.2) is 0 Å². The molecule has 1 heterocycles. The number of hydrogen-bond acceptors (Lipinski definition) is 5. The van der Waals surface area contributed by atoms with Gasteiger partial charge in [-0.2, -0.15) is 4.98 Å². The maximum Gasteiger partial charge on any atom is 0.245 e. The number of aromatic nitrogens is 2. The number of nitrogens with two attached hydrogens (primary N) is 1. The molecule has 2 aromatic rings. The largest absolute Gasteiger partial charge is 0.394 e. The molecule has 5 nitrogen and oxygen atoms in total. The molecule has 3 N–H and O–H groups in total. The Labute approximate surface area is 107 Å². The van der Waals surface area contributed by atoms with Gasteiger partial charge in [0.05, 0.1) is 6.61 Å². The van der Waals surface area contributed by atoms with Crippen LogP contribution in [0.2, 0.25) is 0 Å². The Morgan fingerprint density at radius 1 is 1.35 bits per heavy atom. The zero-order valence-electron chi connectivity index (χ0n) is 9.01. The van der Waals surface area contributed by atoms with Crippen molar-refractivity contribution in [2.45, 2.75) is 12.5 Å². The van der Waals surface area contributed by atoms with Crippen LogP contribution in [-0.2, 0) is 6.42 Å². The Bertz CT molecular complexity index is 484. The first-order chi connectivity index (χ1) is 8.19. The van der Waals surface area contributed by atoms with E-state index in [2.05, 4.69) is 26.1 Å². The van der Waals surface area contributed by atoms with Crippen LogP contribution in [0.25, 0.3) is 0 Å². The first kappa shape index (κ1) is 12.2. The van der Waals surface area contributed by atoms with E-state index >= 15 is 0 Å². The van der Waals surface area contributed by atoms with Crippen LogP contribution in [0.3, 0.4) is 0 Å². The predicted octanol–water partition coefficient (Wildman–Crippen LogP) is 1.41. The van der Waals surface area contributed by atoms with E-state index in [1.54, 1.807) is 0 Å². The first-order valence-corrected chi connectivity index (χ1v) is 5.91. The molecule has 0 aliphatic carbocycles. The van der Waals surface area contributed by atoms with Crippen molar-refractivity contribution in [3.8, 4) is 0 Å². The lowest BCUT2D eigenvalue weighted by Gasteiger charge is -1.99. The van der Waals surface area contributed by atoms with Crippen LogP contribution in [0.4, 0.5) is 0 Å². The lowest BCUT2D eigenvalue weighted by atomic mass is 10.1. The minimum absolute atomic E-state index is 0.208. The topological polar surface area (TPSA) is 85.2 Å². The van der Waals surface area contributed by atoms with Crippen molar-refractivity contribution in [2.24, 2.45) is 5.73 Å².